The van der Waals surface area contributed by atoms with Crippen molar-refractivity contribution >= 4 is 21.4 Å². The lowest BCUT2D eigenvalue weighted by atomic mass is 10.1. The Bertz CT molecular complexity index is 1140. The van der Waals surface area contributed by atoms with Crippen LogP contribution in [0.4, 0.5) is 5.69 Å². The molecule has 2 aliphatic heterocycles. The molecule has 2 aromatic rings. The van der Waals surface area contributed by atoms with Crippen molar-refractivity contribution in [2.24, 2.45) is 0 Å². The Hall–Kier alpha value is -2.98. The molecule has 0 saturated carbocycles. The Morgan fingerprint density at radius 2 is 1.87 bits per heavy atom. The molecular formula is C21H23N3O6S. The van der Waals surface area contributed by atoms with Crippen LogP contribution in [0.2, 0.25) is 0 Å². The van der Waals surface area contributed by atoms with Crippen molar-refractivity contribution in [3.8, 4) is 5.75 Å². The van der Waals surface area contributed by atoms with Gasteiger partial charge in [-0.2, -0.15) is 0 Å². The van der Waals surface area contributed by atoms with Crippen LogP contribution in [-0.4, -0.2) is 68.1 Å². The van der Waals surface area contributed by atoms with E-state index in [9.17, 15) is 23.3 Å². The first-order chi connectivity index (χ1) is 14.7. The molecule has 1 saturated heterocycles. The van der Waals surface area contributed by atoms with Gasteiger partial charge < -0.3 is 9.64 Å². The summed E-state index contributed by atoms with van der Waals surface area (Å²) in [6, 6.07) is 9.54. The van der Waals surface area contributed by atoms with E-state index < -0.39 is 26.4 Å². The van der Waals surface area contributed by atoms with Crippen molar-refractivity contribution in [1.29, 1.82) is 0 Å². The first-order valence-corrected chi connectivity index (χ1v) is 11.9. The van der Waals surface area contributed by atoms with E-state index in [0.29, 0.717) is 26.2 Å². The predicted molar refractivity (Wildman–Crippen MR) is 113 cm³/mol. The molecule has 0 unspecified atom stereocenters. The summed E-state index contributed by atoms with van der Waals surface area (Å²) < 4.78 is 29.3. The number of carbonyl (C=O) groups is 1. The Kier molecular flexibility index (Phi) is 5.67. The van der Waals surface area contributed by atoms with Gasteiger partial charge in [0.2, 0.25) is 0 Å². The van der Waals surface area contributed by atoms with Crippen molar-refractivity contribution in [1.82, 2.24) is 9.80 Å². The summed E-state index contributed by atoms with van der Waals surface area (Å²) in [6.07, 6.45) is 1.88. The van der Waals surface area contributed by atoms with Crippen LogP contribution >= 0.6 is 0 Å². The number of rotatable bonds is 5. The third-order valence-corrected chi connectivity index (χ3v) is 6.69. The standard InChI is InChI=1S/C21H23N3O6S/c1-31(28,29)19-12-17(11-18(13-19)24(26)27)21(25)23-7-5-22(6-8-23)14-15-2-3-20-16(10-15)4-9-30-20/h2-3,10-13H,4-9,14H2,1H3. The molecule has 9 nitrogen and oxygen atoms in total. The number of carbonyl (C=O) groups excluding carboxylic acids is 1. The monoisotopic (exact) mass is 445 g/mol. The van der Waals surface area contributed by atoms with Gasteiger partial charge in [0.25, 0.3) is 11.6 Å². The highest BCUT2D eigenvalue weighted by Crippen LogP contribution is 2.27. The van der Waals surface area contributed by atoms with E-state index in [1.165, 1.54) is 17.2 Å². The maximum atomic E-state index is 12.9. The van der Waals surface area contributed by atoms with Crippen LogP contribution in [0.3, 0.4) is 0 Å². The van der Waals surface area contributed by atoms with E-state index in [0.717, 1.165) is 43.7 Å². The minimum absolute atomic E-state index is 0.0155. The zero-order valence-corrected chi connectivity index (χ0v) is 17.9. The third kappa shape index (κ3) is 4.70. The summed E-state index contributed by atoms with van der Waals surface area (Å²) in [4.78, 5) is 27.0. The fraction of sp³-hybridized carbons (Fsp3) is 0.381. The predicted octanol–water partition coefficient (Wildman–Crippen LogP) is 1.89. The topological polar surface area (TPSA) is 110 Å². The van der Waals surface area contributed by atoms with Gasteiger partial charge in [0, 0.05) is 63.1 Å². The molecule has 0 radical (unpaired) electrons. The highest BCUT2D eigenvalue weighted by molar-refractivity contribution is 7.90. The van der Waals surface area contributed by atoms with Gasteiger partial charge in [-0.1, -0.05) is 12.1 Å². The van der Waals surface area contributed by atoms with Crippen LogP contribution in [-0.2, 0) is 22.8 Å². The quantitative estimate of drug-likeness (QED) is 0.510. The minimum Gasteiger partial charge on any atom is -0.493 e. The first kappa shape index (κ1) is 21.3. The summed E-state index contributed by atoms with van der Waals surface area (Å²) in [6.45, 7) is 3.73. The Morgan fingerprint density at radius 1 is 1.13 bits per heavy atom. The smallest absolute Gasteiger partial charge is 0.271 e. The molecule has 1 fully saturated rings. The second-order valence-electron chi connectivity index (χ2n) is 7.85. The van der Waals surface area contributed by atoms with Gasteiger partial charge in [-0.25, -0.2) is 8.42 Å². The molecule has 0 aromatic heterocycles. The average molecular weight is 445 g/mol. The Labute approximate surface area is 180 Å². The van der Waals surface area contributed by atoms with Gasteiger partial charge >= 0.3 is 0 Å². The van der Waals surface area contributed by atoms with Gasteiger partial charge in [0.15, 0.2) is 9.84 Å². The molecule has 0 bridgehead atoms. The van der Waals surface area contributed by atoms with Crippen molar-refractivity contribution in [3.63, 3.8) is 0 Å². The van der Waals surface area contributed by atoms with Gasteiger partial charge in [-0.05, 0) is 23.3 Å². The fourth-order valence-corrected chi connectivity index (χ4v) is 4.59. The number of piperazine rings is 1. The molecule has 0 N–H and O–H groups in total. The van der Waals surface area contributed by atoms with Gasteiger partial charge in [0.05, 0.1) is 16.4 Å². The summed E-state index contributed by atoms with van der Waals surface area (Å²) >= 11 is 0. The highest BCUT2D eigenvalue weighted by atomic mass is 32.2. The van der Waals surface area contributed by atoms with Crippen molar-refractivity contribution < 1.29 is 22.9 Å². The van der Waals surface area contributed by atoms with Gasteiger partial charge in [-0.15, -0.1) is 0 Å². The number of nitro benzene ring substituents is 1. The molecule has 1 amide bonds. The summed E-state index contributed by atoms with van der Waals surface area (Å²) in [5.74, 6) is 0.549. The van der Waals surface area contributed by atoms with Crippen LogP contribution < -0.4 is 4.74 Å². The number of ether oxygens (including phenoxy) is 1. The maximum Gasteiger partial charge on any atom is 0.271 e. The lowest BCUT2D eigenvalue weighted by molar-refractivity contribution is -0.385. The second kappa shape index (κ2) is 8.27. The number of nitrogens with zero attached hydrogens (tertiary/aromatic N) is 3. The van der Waals surface area contributed by atoms with E-state index in [1.807, 2.05) is 6.07 Å². The Balaban J connectivity index is 1.43. The molecule has 4 rings (SSSR count). The van der Waals surface area contributed by atoms with Gasteiger partial charge in [-0.3, -0.25) is 19.8 Å². The second-order valence-corrected chi connectivity index (χ2v) is 9.87. The molecule has 10 heteroatoms. The number of benzene rings is 2. The number of sulfone groups is 1. The van der Waals surface area contributed by atoms with Crippen LogP contribution in [0.1, 0.15) is 21.5 Å². The number of hydrogen-bond donors (Lipinski definition) is 0. The molecule has 0 aliphatic carbocycles. The lowest BCUT2D eigenvalue weighted by Crippen LogP contribution is -2.48. The molecule has 2 heterocycles. The number of fused-ring (bicyclic) bond motifs is 1. The summed E-state index contributed by atoms with van der Waals surface area (Å²) in [7, 11) is -3.69. The summed E-state index contributed by atoms with van der Waals surface area (Å²) in [5, 5.41) is 11.2. The van der Waals surface area contributed by atoms with Gasteiger partial charge in [0.1, 0.15) is 5.75 Å². The molecule has 0 atom stereocenters. The maximum absolute atomic E-state index is 12.9. The van der Waals surface area contributed by atoms with Crippen LogP contribution in [0.15, 0.2) is 41.3 Å². The van der Waals surface area contributed by atoms with Crippen LogP contribution in [0.25, 0.3) is 0 Å². The number of amides is 1. The largest absolute Gasteiger partial charge is 0.493 e. The first-order valence-electron chi connectivity index (χ1n) is 9.96. The minimum atomic E-state index is -3.69. The van der Waals surface area contributed by atoms with E-state index in [2.05, 4.69) is 17.0 Å². The zero-order valence-electron chi connectivity index (χ0n) is 17.1. The summed E-state index contributed by atoms with van der Waals surface area (Å²) in [5.41, 5.74) is 2.02. The van der Waals surface area contributed by atoms with E-state index in [-0.39, 0.29) is 10.5 Å². The number of hydrogen-bond acceptors (Lipinski definition) is 7. The molecular weight excluding hydrogens is 422 g/mol. The third-order valence-electron chi connectivity index (χ3n) is 5.60. The molecule has 2 aromatic carbocycles. The van der Waals surface area contributed by atoms with Crippen LogP contribution in [0.5, 0.6) is 5.75 Å². The van der Waals surface area contributed by atoms with E-state index in [1.54, 1.807) is 4.90 Å². The zero-order chi connectivity index (χ0) is 22.2. The number of nitro groups is 1. The lowest BCUT2D eigenvalue weighted by Gasteiger charge is -2.34. The van der Waals surface area contributed by atoms with Crippen LogP contribution in [0, 0.1) is 10.1 Å². The van der Waals surface area contributed by atoms with E-state index >= 15 is 0 Å². The normalized spacial score (nSPS) is 16.6. The van der Waals surface area contributed by atoms with Crippen molar-refractivity contribution in [3.05, 3.63) is 63.2 Å². The van der Waals surface area contributed by atoms with Crippen molar-refractivity contribution in [2.75, 3.05) is 39.0 Å². The highest BCUT2D eigenvalue weighted by Gasteiger charge is 2.26. The molecule has 31 heavy (non-hydrogen) atoms. The molecule has 164 valence electrons. The average Bonchev–Trinajstić information content (AvgIpc) is 3.20. The molecule has 0 spiro atoms. The van der Waals surface area contributed by atoms with E-state index in [4.69, 9.17) is 4.74 Å². The fourth-order valence-electron chi connectivity index (χ4n) is 3.91. The SMILES string of the molecule is CS(=O)(=O)c1cc(C(=O)N2CCN(Cc3ccc4c(c3)CCO4)CC2)cc([N+](=O)[O-])c1. The number of non-ortho nitro benzene ring substituents is 1. The van der Waals surface area contributed by atoms with Crippen molar-refractivity contribution in [2.45, 2.75) is 17.9 Å². The molecule has 2 aliphatic rings. The Morgan fingerprint density at radius 3 is 2.55 bits per heavy atom.